The smallest absolute Gasteiger partial charge is 0.236 e. The van der Waals surface area contributed by atoms with Crippen LogP contribution in [0.2, 0.25) is 0 Å². The van der Waals surface area contributed by atoms with Gasteiger partial charge in [-0.2, -0.15) is 0 Å². The fourth-order valence-electron chi connectivity index (χ4n) is 1.49. The molecule has 1 amide bonds. The number of hydrogen-bond acceptors (Lipinski definition) is 3. The molecule has 0 rings (SSSR count). The molecule has 0 aromatic carbocycles. The van der Waals surface area contributed by atoms with Crippen molar-refractivity contribution in [3.63, 3.8) is 0 Å². The summed E-state index contributed by atoms with van der Waals surface area (Å²) in [5.41, 5.74) is 5.16. The van der Waals surface area contributed by atoms with Crippen LogP contribution in [0.15, 0.2) is 0 Å². The maximum absolute atomic E-state index is 10.8. The van der Waals surface area contributed by atoms with Crippen LogP contribution in [-0.2, 0) is 9.53 Å². The lowest BCUT2D eigenvalue weighted by Crippen LogP contribution is -2.42. The van der Waals surface area contributed by atoms with Crippen LogP contribution in [-0.4, -0.2) is 32.2 Å². The fraction of sp³-hybridized carbons (Fsp3) is 0.917. The Morgan fingerprint density at radius 3 is 2.44 bits per heavy atom. The Hall–Kier alpha value is -0.610. The van der Waals surface area contributed by atoms with Crippen LogP contribution in [0.1, 0.15) is 45.4 Å². The predicted molar refractivity (Wildman–Crippen MR) is 66.2 cm³/mol. The molecule has 1 unspecified atom stereocenters. The molecule has 4 heteroatoms. The number of carbonyl (C=O) groups excluding carboxylic acids is 1. The largest absolute Gasteiger partial charge is 0.379 e. The van der Waals surface area contributed by atoms with Crippen LogP contribution < -0.4 is 11.1 Å². The lowest BCUT2D eigenvalue weighted by Gasteiger charge is -2.12. The average molecular weight is 230 g/mol. The summed E-state index contributed by atoms with van der Waals surface area (Å²) in [6, 6.07) is -0.361. The first-order chi connectivity index (χ1) is 7.72. The monoisotopic (exact) mass is 230 g/mol. The first-order valence-electron chi connectivity index (χ1n) is 6.26. The van der Waals surface area contributed by atoms with Crippen molar-refractivity contribution in [2.45, 2.75) is 51.5 Å². The standard InChI is InChI=1S/C12H26N2O2/c1-3-4-5-6-7-8-9-16-10-11(14-2)12(13)15/h11,14H,3-10H2,1-2H3,(H2,13,15). The molecular formula is C12H26N2O2. The van der Waals surface area contributed by atoms with E-state index in [2.05, 4.69) is 12.2 Å². The summed E-state index contributed by atoms with van der Waals surface area (Å²) in [7, 11) is 1.71. The van der Waals surface area contributed by atoms with Crippen molar-refractivity contribution in [2.75, 3.05) is 20.3 Å². The molecule has 0 radical (unpaired) electrons. The zero-order valence-electron chi connectivity index (χ0n) is 10.6. The number of amides is 1. The molecule has 96 valence electrons. The Morgan fingerprint density at radius 2 is 1.88 bits per heavy atom. The minimum atomic E-state index is -0.361. The van der Waals surface area contributed by atoms with Gasteiger partial charge in [0.25, 0.3) is 0 Å². The molecule has 0 spiro atoms. The second kappa shape index (κ2) is 10.9. The first-order valence-corrected chi connectivity index (χ1v) is 6.26. The zero-order valence-corrected chi connectivity index (χ0v) is 10.6. The third-order valence-corrected chi connectivity index (χ3v) is 2.62. The van der Waals surface area contributed by atoms with E-state index >= 15 is 0 Å². The van der Waals surface area contributed by atoms with Crippen molar-refractivity contribution in [1.29, 1.82) is 0 Å². The number of carbonyl (C=O) groups is 1. The molecule has 0 aliphatic rings. The van der Waals surface area contributed by atoms with Gasteiger partial charge in [-0.05, 0) is 13.5 Å². The summed E-state index contributed by atoms with van der Waals surface area (Å²) in [5, 5.41) is 2.82. The number of unbranched alkanes of at least 4 members (excludes halogenated alkanes) is 5. The topological polar surface area (TPSA) is 64.3 Å². The molecule has 0 aromatic rings. The molecular weight excluding hydrogens is 204 g/mol. The Morgan fingerprint density at radius 1 is 1.25 bits per heavy atom. The van der Waals surface area contributed by atoms with E-state index in [0.29, 0.717) is 6.61 Å². The highest BCUT2D eigenvalue weighted by Crippen LogP contribution is 2.04. The maximum Gasteiger partial charge on any atom is 0.236 e. The van der Waals surface area contributed by atoms with Gasteiger partial charge >= 0.3 is 0 Å². The van der Waals surface area contributed by atoms with Crippen LogP contribution in [0.25, 0.3) is 0 Å². The molecule has 0 aliphatic carbocycles. The highest BCUT2D eigenvalue weighted by molar-refractivity contribution is 5.79. The quantitative estimate of drug-likeness (QED) is 0.528. The predicted octanol–water partition coefficient (Wildman–Crippen LogP) is 1.44. The molecule has 0 saturated carbocycles. The molecule has 3 N–H and O–H groups in total. The van der Waals surface area contributed by atoms with Gasteiger partial charge in [0.05, 0.1) is 6.61 Å². The van der Waals surface area contributed by atoms with Crippen LogP contribution >= 0.6 is 0 Å². The van der Waals surface area contributed by atoms with E-state index in [-0.39, 0.29) is 11.9 Å². The van der Waals surface area contributed by atoms with Crippen LogP contribution in [0.4, 0.5) is 0 Å². The molecule has 4 nitrogen and oxygen atoms in total. The number of primary amides is 1. The second-order valence-electron chi connectivity index (χ2n) is 4.09. The Balaban J connectivity index is 3.22. The second-order valence-corrected chi connectivity index (χ2v) is 4.09. The Bertz CT molecular complexity index is 174. The molecule has 16 heavy (non-hydrogen) atoms. The average Bonchev–Trinajstić information content (AvgIpc) is 2.26. The summed E-state index contributed by atoms with van der Waals surface area (Å²) in [6.45, 7) is 3.31. The van der Waals surface area contributed by atoms with E-state index in [0.717, 1.165) is 13.0 Å². The molecule has 0 aliphatic heterocycles. The fourth-order valence-corrected chi connectivity index (χ4v) is 1.49. The Kier molecular flexibility index (Phi) is 10.5. The SMILES string of the molecule is CCCCCCCCOCC(NC)C(N)=O. The number of rotatable bonds is 11. The van der Waals surface area contributed by atoms with Gasteiger partial charge in [-0.3, -0.25) is 4.79 Å². The molecule has 0 fully saturated rings. The summed E-state index contributed by atoms with van der Waals surface area (Å²) >= 11 is 0. The molecule has 0 saturated heterocycles. The van der Waals surface area contributed by atoms with E-state index in [1.807, 2.05) is 0 Å². The van der Waals surface area contributed by atoms with E-state index in [1.54, 1.807) is 7.05 Å². The summed E-state index contributed by atoms with van der Waals surface area (Å²) in [6.07, 6.45) is 7.47. The van der Waals surface area contributed by atoms with Crippen molar-refractivity contribution in [3.05, 3.63) is 0 Å². The van der Waals surface area contributed by atoms with E-state index in [9.17, 15) is 4.79 Å². The number of ether oxygens (including phenoxy) is 1. The number of likely N-dealkylation sites (N-methyl/N-ethyl adjacent to an activating group) is 1. The van der Waals surface area contributed by atoms with Gasteiger partial charge in [-0.25, -0.2) is 0 Å². The third-order valence-electron chi connectivity index (χ3n) is 2.62. The zero-order chi connectivity index (χ0) is 12.2. The van der Waals surface area contributed by atoms with Crippen molar-refractivity contribution in [1.82, 2.24) is 5.32 Å². The van der Waals surface area contributed by atoms with Crippen LogP contribution in [0, 0.1) is 0 Å². The molecule has 0 aromatic heterocycles. The highest BCUT2D eigenvalue weighted by Gasteiger charge is 2.11. The van der Waals surface area contributed by atoms with Gasteiger partial charge in [-0.1, -0.05) is 39.0 Å². The van der Waals surface area contributed by atoms with Crippen molar-refractivity contribution < 1.29 is 9.53 Å². The summed E-state index contributed by atoms with van der Waals surface area (Å²) < 4.78 is 5.39. The van der Waals surface area contributed by atoms with Gasteiger partial charge in [0.2, 0.25) is 5.91 Å². The van der Waals surface area contributed by atoms with Crippen molar-refractivity contribution >= 4 is 5.91 Å². The third kappa shape index (κ3) is 8.68. The van der Waals surface area contributed by atoms with Crippen LogP contribution in [0.5, 0.6) is 0 Å². The minimum absolute atomic E-state index is 0.356. The highest BCUT2D eigenvalue weighted by atomic mass is 16.5. The number of nitrogens with two attached hydrogens (primary N) is 1. The minimum Gasteiger partial charge on any atom is -0.379 e. The maximum atomic E-state index is 10.8. The van der Waals surface area contributed by atoms with E-state index < -0.39 is 0 Å². The van der Waals surface area contributed by atoms with Gasteiger partial charge in [0.15, 0.2) is 0 Å². The first kappa shape index (κ1) is 15.4. The van der Waals surface area contributed by atoms with Gasteiger partial charge in [0.1, 0.15) is 6.04 Å². The summed E-state index contributed by atoms with van der Waals surface area (Å²) in [5.74, 6) is -0.356. The van der Waals surface area contributed by atoms with Gasteiger partial charge in [0, 0.05) is 6.61 Å². The van der Waals surface area contributed by atoms with Crippen molar-refractivity contribution in [2.24, 2.45) is 5.73 Å². The lowest BCUT2D eigenvalue weighted by atomic mass is 10.1. The summed E-state index contributed by atoms with van der Waals surface area (Å²) in [4.78, 5) is 10.8. The molecule has 0 bridgehead atoms. The number of hydrogen-bond donors (Lipinski definition) is 2. The number of nitrogens with one attached hydrogen (secondary N) is 1. The van der Waals surface area contributed by atoms with E-state index in [4.69, 9.17) is 10.5 Å². The van der Waals surface area contributed by atoms with Gasteiger partial charge in [-0.15, -0.1) is 0 Å². The molecule has 0 heterocycles. The normalized spacial score (nSPS) is 12.6. The lowest BCUT2D eigenvalue weighted by molar-refractivity contribution is -0.121. The van der Waals surface area contributed by atoms with Crippen molar-refractivity contribution in [3.8, 4) is 0 Å². The molecule has 1 atom stereocenters. The van der Waals surface area contributed by atoms with E-state index in [1.165, 1.54) is 32.1 Å². The Labute approximate surface area is 98.9 Å². The van der Waals surface area contributed by atoms with Gasteiger partial charge < -0.3 is 15.8 Å². The van der Waals surface area contributed by atoms with Crippen LogP contribution in [0.3, 0.4) is 0 Å².